The fourth-order valence-electron chi connectivity index (χ4n) is 1.38. The van der Waals surface area contributed by atoms with Gasteiger partial charge in [0.1, 0.15) is 0 Å². The number of aromatic carboxylic acids is 1. The van der Waals surface area contributed by atoms with Gasteiger partial charge < -0.3 is 10.2 Å². The quantitative estimate of drug-likeness (QED) is 0.866. The Labute approximate surface area is 116 Å². The average molecular weight is 307 g/mol. The Morgan fingerprint density at radius 3 is 2.42 bits per heavy atom. The van der Waals surface area contributed by atoms with Crippen molar-refractivity contribution in [3.05, 3.63) is 28.8 Å². The van der Waals surface area contributed by atoms with Crippen LogP contribution in [0.25, 0.3) is 0 Å². The maximum absolute atomic E-state index is 12.0. The van der Waals surface area contributed by atoms with Crippen molar-refractivity contribution in [2.24, 2.45) is 5.92 Å². The maximum atomic E-state index is 12.0. The molecule has 19 heavy (non-hydrogen) atoms. The van der Waals surface area contributed by atoms with E-state index in [9.17, 15) is 18.3 Å². The molecule has 0 heterocycles. The summed E-state index contributed by atoms with van der Waals surface area (Å²) >= 11 is 5.67. The normalized spacial score (nSPS) is 13.5. The van der Waals surface area contributed by atoms with Crippen LogP contribution in [-0.4, -0.2) is 36.5 Å². The van der Waals surface area contributed by atoms with Crippen LogP contribution >= 0.6 is 11.6 Å². The molecule has 1 atom stereocenters. The second-order valence-electron chi connectivity index (χ2n) is 4.54. The van der Waals surface area contributed by atoms with Gasteiger partial charge in [-0.25, -0.2) is 13.2 Å². The molecule has 0 saturated heterocycles. The van der Waals surface area contributed by atoms with E-state index < -0.39 is 27.7 Å². The highest BCUT2D eigenvalue weighted by molar-refractivity contribution is 7.91. The Kier molecular flexibility index (Phi) is 4.95. The molecule has 1 aromatic carbocycles. The van der Waals surface area contributed by atoms with E-state index in [2.05, 4.69) is 0 Å². The minimum atomic E-state index is -3.75. The van der Waals surface area contributed by atoms with Crippen LogP contribution in [0.2, 0.25) is 5.02 Å². The van der Waals surface area contributed by atoms with Crippen LogP contribution in [0.4, 0.5) is 0 Å². The van der Waals surface area contributed by atoms with E-state index in [4.69, 9.17) is 16.7 Å². The van der Waals surface area contributed by atoms with E-state index in [0.29, 0.717) is 0 Å². The molecular formula is C12H15ClO5S. The van der Waals surface area contributed by atoms with Gasteiger partial charge in [-0.15, -0.1) is 0 Å². The van der Waals surface area contributed by atoms with Crippen molar-refractivity contribution in [2.45, 2.75) is 24.8 Å². The zero-order valence-electron chi connectivity index (χ0n) is 10.5. The minimum Gasteiger partial charge on any atom is -0.478 e. The molecule has 0 spiro atoms. The van der Waals surface area contributed by atoms with Crippen molar-refractivity contribution in [1.82, 2.24) is 0 Å². The molecule has 1 aromatic rings. The summed E-state index contributed by atoms with van der Waals surface area (Å²) in [4.78, 5) is 10.7. The summed E-state index contributed by atoms with van der Waals surface area (Å²) in [6.45, 7) is 3.40. The van der Waals surface area contributed by atoms with Gasteiger partial charge in [-0.2, -0.15) is 0 Å². The Hall–Kier alpha value is -1.11. The smallest absolute Gasteiger partial charge is 0.337 e. The molecule has 7 heteroatoms. The fourth-order valence-corrected chi connectivity index (χ4v) is 3.17. The van der Waals surface area contributed by atoms with E-state index in [1.165, 1.54) is 12.1 Å². The molecule has 0 aliphatic heterocycles. The predicted molar refractivity (Wildman–Crippen MR) is 71.3 cm³/mol. The van der Waals surface area contributed by atoms with E-state index >= 15 is 0 Å². The van der Waals surface area contributed by atoms with Gasteiger partial charge in [-0.1, -0.05) is 25.4 Å². The molecule has 0 fully saturated rings. The summed E-state index contributed by atoms with van der Waals surface area (Å²) in [7, 11) is -3.75. The average Bonchev–Trinajstić information content (AvgIpc) is 2.27. The van der Waals surface area contributed by atoms with Crippen molar-refractivity contribution in [3.63, 3.8) is 0 Å². The highest BCUT2D eigenvalue weighted by Crippen LogP contribution is 2.22. The van der Waals surface area contributed by atoms with E-state index in [1.807, 2.05) is 0 Å². The number of sulfone groups is 1. The molecule has 0 aromatic heterocycles. The van der Waals surface area contributed by atoms with Gasteiger partial charge in [0, 0.05) is 0 Å². The number of rotatable bonds is 5. The Morgan fingerprint density at radius 2 is 1.95 bits per heavy atom. The lowest BCUT2D eigenvalue weighted by molar-refractivity contribution is 0.0697. The van der Waals surface area contributed by atoms with Crippen LogP contribution in [0, 0.1) is 5.92 Å². The van der Waals surface area contributed by atoms with Gasteiger partial charge in [-0.05, 0) is 24.1 Å². The van der Waals surface area contributed by atoms with Gasteiger partial charge in [0.2, 0.25) is 0 Å². The van der Waals surface area contributed by atoms with Crippen molar-refractivity contribution in [2.75, 3.05) is 5.75 Å². The maximum Gasteiger partial charge on any atom is 0.337 e. The summed E-state index contributed by atoms with van der Waals surface area (Å²) in [6, 6.07) is 3.46. The first-order valence-electron chi connectivity index (χ1n) is 5.59. The first kappa shape index (κ1) is 15.9. The van der Waals surface area contributed by atoms with Crippen LogP contribution in [0.3, 0.4) is 0 Å². The van der Waals surface area contributed by atoms with Gasteiger partial charge in [-0.3, -0.25) is 0 Å². The van der Waals surface area contributed by atoms with Crippen LogP contribution in [0.1, 0.15) is 24.2 Å². The standard InChI is InChI=1S/C12H15ClO5S/c1-7(2)11(14)6-19(17,18)8-3-4-10(13)9(5-8)12(15)16/h3-5,7,11,14H,6H2,1-2H3,(H,15,16). The monoisotopic (exact) mass is 306 g/mol. The van der Waals surface area contributed by atoms with Gasteiger partial charge in [0.25, 0.3) is 0 Å². The third-order valence-electron chi connectivity index (χ3n) is 2.69. The number of aliphatic hydroxyl groups excluding tert-OH is 1. The second-order valence-corrected chi connectivity index (χ2v) is 6.98. The van der Waals surface area contributed by atoms with Gasteiger partial charge in [0.05, 0.1) is 27.3 Å². The SMILES string of the molecule is CC(C)C(O)CS(=O)(=O)c1ccc(Cl)c(C(=O)O)c1. The number of benzene rings is 1. The third kappa shape index (κ3) is 3.92. The molecule has 0 bridgehead atoms. The van der Waals surface area contributed by atoms with Crippen LogP contribution in [-0.2, 0) is 9.84 Å². The van der Waals surface area contributed by atoms with E-state index in [-0.39, 0.29) is 21.4 Å². The lowest BCUT2D eigenvalue weighted by atomic mass is 10.1. The summed E-state index contributed by atoms with van der Waals surface area (Å²) in [5.41, 5.74) is -0.276. The van der Waals surface area contributed by atoms with Gasteiger partial charge >= 0.3 is 5.97 Å². The lowest BCUT2D eigenvalue weighted by Gasteiger charge is -2.14. The van der Waals surface area contributed by atoms with Crippen LogP contribution < -0.4 is 0 Å². The highest BCUT2D eigenvalue weighted by Gasteiger charge is 2.23. The largest absolute Gasteiger partial charge is 0.478 e. The van der Waals surface area contributed by atoms with Crippen molar-refractivity contribution in [3.8, 4) is 0 Å². The molecule has 2 N–H and O–H groups in total. The molecule has 1 unspecified atom stereocenters. The second kappa shape index (κ2) is 5.90. The summed E-state index contributed by atoms with van der Waals surface area (Å²) < 4.78 is 24.1. The first-order valence-corrected chi connectivity index (χ1v) is 7.62. The molecule has 0 aliphatic carbocycles. The summed E-state index contributed by atoms with van der Waals surface area (Å²) in [6.07, 6.45) is -1.01. The molecule has 0 amide bonds. The van der Waals surface area contributed by atoms with E-state index in [0.717, 1.165) is 6.07 Å². The summed E-state index contributed by atoms with van der Waals surface area (Å²) in [5, 5.41) is 18.5. The lowest BCUT2D eigenvalue weighted by Crippen LogP contribution is -2.25. The number of carboxylic acid groups (broad SMARTS) is 1. The molecule has 0 saturated carbocycles. The molecule has 106 valence electrons. The van der Waals surface area contributed by atoms with Crippen molar-refractivity contribution < 1.29 is 23.4 Å². The molecule has 0 radical (unpaired) electrons. The number of carbonyl (C=O) groups is 1. The number of halogens is 1. The van der Waals surface area contributed by atoms with Crippen LogP contribution in [0.15, 0.2) is 23.1 Å². The molecule has 5 nitrogen and oxygen atoms in total. The van der Waals surface area contributed by atoms with Crippen molar-refractivity contribution in [1.29, 1.82) is 0 Å². The van der Waals surface area contributed by atoms with E-state index in [1.54, 1.807) is 13.8 Å². The van der Waals surface area contributed by atoms with Crippen LogP contribution in [0.5, 0.6) is 0 Å². The Bertz CT molecular complexity index is 580. The summed E-state index contributed by atoms with van der Waals surface area (Å²) in [5.74, 6) is -1.96. The minimum absolute atomic E-state index is 0.0316. The molecular weight excluding hydrogens is 292 g/mol. The predicted octanol–water partition coefficient (Wildman–Crippen LogP) is 1.83. The topological polar surface area (TPSA) is 91.7 Å². The third-order valence-corrected chi connectivity index (χ3v) is 4.77. The Morgan fingerprint density at radius 1 is 1.37 bits per heavy atom. The zero-order valence-corrected chi connectivity index (χ0v) is 12.1. The zero-order chi connectivity index (χ0) is 14.8. The Balaban J connectivity index is 3.16. The molecule has 0 aliphatic rings. The van der Waals surface area contributed by atoms with Crippen molar-refractivity contribution >= 4 is 27.4 Å². The number of aliphatic hydroxyl groups is 1. The fraction of sp³-hybridized carbons (Fsp3) is 0.417. The number of hydrogen-bond acceptors (Lipinski definition) is 4. The van der Waals surface area contributed by atoms with Gasteiger partial charge in [0.15, 0.2) is 9.84 Å². The number of hydrogen-bond donors (Lipinski definition) is 2. The highest BCUT2D eigenvalue weighted by atomic mass is 35.5. The molecule has 1 rings (SSSR count). The first-order chi connectivity index (χ1) is 8.65. The number of carboxylic acids is 1.